The van der Waals surface area contributed by atoms with Gasteiger partial charge in [-0.25, -0.2) is 9.38 Å². The molecule has 0 spiro atoms. The van der Waals surface area contributed by atoms with E-state index in [9.17, 15) is 4.39 Å². The maximum Gasteiger partial charge on any atom is 0.192 e. The summed E-state index contributed by atoms with van der Waals surface area (Å²) in [4.78, 5) is 4.42. The molecule has 1 atom stereocenters. The van der Waals surface area contributed by atoms with Gasteiger partial charge in [0.25, 0.3) is 0 Å². The second-order valence-corrected chi connectivity index (χ2v) is 5.97. The van der Waals surface area contributed by atoms with Gasteiger partial charge >= 0.3 is 0 Å². The van der Waals surface area contributed by atoms with Crippen molar-refractivity contribution in [1.82, 2.24) is 10.6 Å². The van der Waals surface area contributed by atoms with Gasteiger partial charge in [-0.2, -0.15) is 5.26 Å². The second kappa shape index (κ2) is 9.05. The molecule has 6 heteroatoms. The van der Waals surface area contributed by atoms with Crippen LogP contribution in [0.1, 0.15) is 36.6 Å². The lowest BCUT2D eigenvalue weighted by Crippen LogP contribution is -2.38. The number of hydrogen-bond acceptors (Lipinski definition) is 2. The van der Waals surface area contributed by atoms with Gasteiger partial charge in [0.1, 0.15) is 5.82 Å². The molecule has 0 saturated carbocycles. The summed E-state index contributed by atoms with van der Waals surface area (Å²) in [6.07, 6.45) is 0. The molecule has 25 heavy (non-hydrogen) atoms. The van der Waals surface area contributed by atoms with E-state index in [4.69, 9.17) is 16.9 Å². The lowest BCUT2D eigenvalue weighted by atomic mass is 10.1. The number of halogens is 2. The van der Waals surface area contributed by atoms with Crippen molar-refractivity contribution in [2.45, 2.75) is 26.4 Å². The maximum atomic E-state index is 13.9. The molecule has 0 fully saturated rings. The highest BCUT2D eigenvalue weighted by Gasteiger charge is 2.09. The minimum absolute atomic E-state index is 0.00496. The normalized spacial score (nSPS) is 12.4. The molecule has 2 N–H and O–H groups in total. The van der Waals surface area contributed by atoms with Crippen LogP contribution in [0.3, 0.4) is 0 Å². The van der Waals surface area contributed by atoms with Gasteiger partial charge in [-0.1, -0.05) is 23.7 Å². The fraction of sp³-hybridized carbons (Fsp3) is 0.263. The summed E-state index contributed by atoms with van der Waals surface area (Å²) in [5.41, 5.74) is 1.86. The average molecular weight is 359 g/mol. The fourth-order valence-corrected chi connectivity index (χ4v) is 2.42. The van der Waals surface area contributed by atoms with Crippen LogP contribution in [0.25, 0.3) is 0 Å². The number of nitrogens with one attached hydrogen (secondary N) is 2. The predicted molar refractivity (Wildman–Crippen MR) is 98.9 cm³/mol. The number of hydrogen-bond donors (Lipinski definition) is 2. The SMILES string of the molecule is CCNC(=NCc1cc(C#N)ccc1F)NC(C)c1ccc(Cl)cc1. The van der Waals surface area contributed by atoms with E-state index in [1.165, 1.54) is 18.2 Å². The van der Waals surface area contributed by atoms with Crippen LogP contribution >= 0.6 is 11.6 Å². The molecule has 4 nitrogen and oxygen atoms in total. The van der Waals surface area contributed by atoms with E-state index in [2.05, 4.69) is 15.6 Å². The topological polar surface area (TPSA) is 60.2 Å². The Hall–Kier alpha value is -2.58. The summed E-state index contributed by atoms with van der Waals surface area (Å²) in [5.74, 6) is 0.205. The van der Waals surface area contributed by atoms with Crippen molar-refractivity contribution in [1.29, 1.82) is 5.26 Å². The third-order valence-electron chi connectivity index (χ3n) is 3.65. The maximum absolute atomic E-state index is 13.9. The van der Waals surface area contributed by atoms with E-state index in [0.717, 1.165) is 5.56 Å². The number of benzene rings is 2. The van der Waals surface area contributed by atoms with Crippen molar-refractivity contribution in [3.05, 3.63) is 70.0 Å². The van der Waals surface area contributed by atoms with Gasteiger partial charge in [-0.3, -0.25) is 0 Å². The molecule has 0 aliphatic carbocycles. The molecule has 130 valence electrons. The highest BCUT2D eigenvalue weighted by Crippen LogP contribution is 2.16. The van der Waals surface area contributed by atoms with Crippen molar-refractivity contribution in [2.24, 2.45) is 4.99 Å². The lowest BCUT2D eigenvalue weighted by molar-refractivity contribution is 0.609. The van der Waals surface area contributed by atoms with Crippen LogP contribution in [0.4, 0.5) is 4.39 Å². The summed E-state index contributed by atoms with van der Waals surface area (Å²) in [7, 11) is 0. The van der Waals surface area contributed by atoms with Crippen LogP contribution in [-0.4, -0.2) is 12.5 Å². The minimum Gasteiger partial charge on any atom is -0.357 e. The molecule has 0 aromatic heterocycles. The number of rotatable bonds is 5. The highest BCUT2D eigenvalue weighted by molar-refractivity contribution is 6.30. The number of nitriles is 1. The zero-order valence-electron chi connectivity index (χ0n) is 14.2. The first-order valence-electron chi connectivity index (χ1n) is 8.02. The highest BCUT2D eigenvalue weighted by atomic mass is 35.5. The van der Waals surface area contributed by atoms with Gasteiger partial charge < -0.3 is 10.6 Å². The van der Waals surface area contributed by atoms with E-state index in [-0.39, 0.29) is 18.4 Å². The van der Waals surface area contributed by atoms with Crippen LogP contribution < -0.4 is 10.6 Å². The number of guanidine groups is 1. The van der Waals surface area contributed by atoms with E-state index in [1.54, 1.807) is 0 Å². The Morgan fingerprint density at radius 2 is 2.00 bits per heavy atom. The molecule has 0 saturated heterocycles. The minimum atomic E-state index is -0.371. The molecular formula is C19H20ClFN4. The van der Waals surface area contributed by atoms with E-state index < -0.39 is 0 Å². The summed E-state index contributed by atoms with van der Waals surface area (Å²) in [6, 6.07) is 13.8. The molecule has 0 aliphatic rings. The van der Waals surface area contributed by atoms with Crippen LogP contribution in [0.2, 0.25) is 5.02 Å². The lowest BCUT2D eigenvalue weighted by Gasteiger charge is -2.18. The van der Waals surface area contributed by atoms with Crippen LogP contribution in [0, 0.1) is 17.1 Å². The van der Waals surface area contributed by atoms with Gasteiger partial charge in [0.15, 0.2) is 5.96 Å². The first-order chi connectivity index (χ1) is 12.0. The molecule has 0 heterocycles. The first-order valence-corrected chi connectivity index (χ1v) is 8.40. The molecule has 1 unspecified atom stereocenters. The van der Waals surface area contributed by atoms with Crippen molar-refractivity contribution >= 4 is 17.6 Å². The Bertz CT molecular complexity index is 781. The summed E-state index contributed by atoms with van der Waals surface area (Å²) in [5, 5.41) is 16.0. The van der Waals surface area contributed by atoms with E-state index in [0.29, 0.717) is 28.7 Å². The van der Waals surface area contributed by atoms with Crippen molar-refractivity contribution in [2.75, 3.05) is 6.54 Å². The smallest absolute Gasteiger partial charge is 0.192 e. The zero-order valence-corrected chi connectivity index (χ0v) is 14.9. The van der Waals surface area contributed by atoms with Crippen molar-refractivity contribution in [3.8, 4) is 6.07 Å². The summed E-state index contributed by atoms with van der Waals surface area (Å²) >= 11 is 5.91. The van der Waals surface area contributed by atoms with Crippen molar-refractivity contribution in [3.63, 3.8) is 0 Å². The van der Waals surface area contributed by atoms with Gasteiger partial charge in [-0.15, -0.1) is 0 Å². The van der Waals surface area contributed by atoms with Gasteiger partial charge in [0.2, 0.25) is 0 Å². The van der Waals surface area contributed by atoms with E-state index in [1.807, 2.05) is 44.2 Å². The Morgan fingerprint density at radius 1 is 1.28 bits per heavy atom. The molecular weight excluding hydrogens is 339 g/mol. The average Bonchev–Trinajstić information content (AvgIpc) is 2.61. The monoisotopic (exact) mass is 358 g/mol. The standard InChI is InChI=1S/C19H20ClFN4/c1-3-23-19(25-13(2)15-5-7-17(20)8-6-15)24-12-16-10-14(11-22)4-9-18(16)21/h4-10,13H,3,12H2,1-2H3,(H2,23,24,25). The molecule has 0 aliphatic heterocycles. The van der Waals surface area contributed by atoms with Crippen LogP contribution in [0.5, 0.6) is 0 Å². The molecule has 2 aromatic rings. The Labute approximate surface area is 152 Å². The molecule has 0 radical (unpaired) electrons. The fourth-order valence-electron chi connectivity index (χ4n) is 2.29. The Morgan fingerprint density at radius 3 is 2.64 bits per heavy atom. The molecule has 2 rings (SSSR count). The first kappa shape index (κ1) is 18.8. The summed E-state index contributed by atoms with van der Waals surface area (Å²) in [6.45, 7) is 4.79. The number of aliphatic imine (C=N–C) groups is 1. The van der Waals surface area contributed by atoms with Crippen molar-refractivity contribution < 1.29 is 4.39 Å². The molecule has 0 bridgehead atoms. The largest absolute Gasteiger partial charge is 0.357 e. The Balaban J connectivity index is 2.13. The van der Waals surface area contributed by atoms with Gasteiger partial charge in [-0.05, 0) is 49.7 Å². The van der Waals surface area contributed by atoms with Crippen LogP contribution in [-0.2, 0) is 6.54 Å². The van der Waals surface area contributed by atoms with Gasteiger partial charge in [0.05, 0.1) is 24.2 Å². The van der Waals surface area contributed by atoms with E-state index >= 15 is 0 Å². The van der Waals surface area contributed by atoms with Crippen LogP contribution in [0.15, 0.2) is 47.5 Å². The third-order valence-corrected chi connectivity index (χ3v) is 3.90. The van der Waals surface area contributed by atoms with Gasteiger partial charge in [0, 0.05) is 17.1 Å². The molecule has 2 aromatic carbocycles. The Kier molecular flexibility index (Phi) is 6.79. The predicted octanol–water partition coefficient (Wildman–Crippen LogP) is 4.17. The molecule has 0 amide bonds. The summed E-state index contributed by atoms with van der Waals surface area (Å²) < 4.78 is 13.9. The second-order valence-electron chi connectivity index (χ2n) is 5.53. The third kappa shape index (κ3) is 5.47. The zero-order chi connectivity index (χ0) is 18.2. The quantitative estimate of drug-likeness (QED) is 0.623. The number of nitrogens with zero attached hydrogens (tertiary/aromatic N) is 2.